The lowest BCUT2D eigenvalue weighted by Gasteiger charge is -2.19. The van der Waals surface area contributed by atoms with Crippen LogP contribution in [0.1, 0.15) is 53.7 Å². The first-order valence-corrected chi connectivity index (χ1v) is 7.76. The van der Waals surface area contributed by atoms with Gasteiger partial charge in [0.05, 0.1) is 6.04 Å². The first-order chi connectivity index (χ1) is 9.93. The van der Waals surface area contributed by atoms with Crippen LogP contribution in [0.2, 0.25) is 0 Å². The number of benzene rings is 1. The molecule has 0 aliphatic rings. The molecule has 0 bridgehead atoms. The van der Waals surface area contributed by atoms with Crippen molar-refractivity contribution in [2.45, 2.75) is 47.1 Å². The molecule has 1 aromatic carbocycles. The molecule has 0 saturated heterocycles. The average molecular weight is 285 g/mol. The normalized spacial score (nSPS) is 12.9. The second kappa shape index (κ2) is 6.48. The van der Waals surface area contributed by atoms with Crippen molar-refractivity contribution in [1.82, 2.24) is 5.32 Å². The van der Waals surface area contributed by atoms with Crippen molar-refractivity contribution in [3.63, 3.8) is 0 Å². The van der Waals surface area contributed by atoms with Gasteiger partial charge in [-0.2, -0.15) is 0 Å². The first kappa shape index (κ1) is 15.8. The monoisotopic (exact) mass is 285 g/mol. The molecule has 1 N–H and O–H groups in total. The summed E-state index contributed by atoms with van der Waals surface area (Å²) in [6, 6.07) is 9.09. The van der Waals surface area contributed by atoms with Crippen LogP contribution in [0.4, 0.5) is 0 Å². The van der Waals surface area contributed by atoms with E-state index in [1.807, 2.05) is 14.0 Å². The van der Waals surface area contributed by atoms with E-state index in [1.165, 1.54) is 22.3 Å². The second-order valence-corrected chi connectivity index (χ2v) is 6.32. The Labute approximate surface area is 128 Å². The molecule has 0 amide bonds. The summed E-state index contributed by atoms with van der Waals surface area (Å²) in [5, 5.41) is 3.45. The zero-order chi connectivity index (χ0) is 15.6. The summed E-state index contributed by atoms with van der Waals surface area (Å²) in [5.41, 5.74) is 5.23. The molecule has 0 aliphatic heterocycles. The first-order valence-electron chi connectivity index (χ1n) is 7.76. The van der Waals surface area contributed by atoms with Crippen LogP contribution in [0.3, 0.4) is 0 Å². The van der Waals surface area contributed by atoms with Gasteiger partial charge in [-0.25, -0.2) is 0 Å². The van der Waals surface area contributed by atoms with E-state index in [2.05, 4.69) is 57.3 Å². The third-order valence-electron chi connectivity index (χ3n) is 4.12. The van der Waals surface area contributed by atoms with Crippen LogP contribution in [0.5, 0.6) is 0 Å². The fourth-order valence-corrected chi connectivity index (χ4v) is 3.08. The molecule has 0 spiro atoms. The van der Waals surface area contributed by atoms with E-state index in [9.17, 15) is 0 Å². The van der Waals surface area contributed by atoms with Crippen molar-refractivity contribution in [3.05, 3.63) is 58.0 Å². The van der Waals surface area contributed by atoms with E-state index in [4.69, 9.17) is 4.42 Å². The Bertz CT molecular complexity index is 610. The second-order valence-electron chi connectivity index (χ2n) is 6.32. The topological polar surface area (TPSA) is 25.2 Å². The van der Waals surface area contributed by atoms with Gasteiger partial charge in [0.2, 0.25) is 0 Å². The van der Waals surface area contributed by atoms with Gasteiger partial charge >= 0.3 is 0 Å². The molecule has 1 aromatic heterocycles. The van der Waals surface area contributed by atoms with E-state index in [1.54, 1.807) is 0 Å². The summed E-state index contributed by atoms with van der Waals surface area (Å²) in [5.74, 6) is 2.70. The molecule has 2 rings (SSSR count). The number of aryl methyl sites for hydroxylation is 2. The standard InChI is InChI=1S/C19H27NO/c1-12(2)10-16-8-7-9-17(11-16)19(20-6)18-13(3)14(4)21-15(18)5/h7-9,11-12,19-20H,10H2,1-6H3. The molecule has 0 aliphatic carbocycles. The van der Waals surface area contributed by atoms with Crippen molar-refractivity contribution in [2.24, 2.45) is 5.92 Å². The Balaban J connectivity index is 2.42. The Morgan fingerprint density at radius 1 is 1.10 bits per heavy atom. The highest BCUT2D eigenvalue weighted by Crippen LogP contribution is 2.31. The van der Waals surface area contributed by atoms with E-state index in [0.29, 0.717) is 5.92 Å². The van der Waals surface area contributed by atoms with Gasteiger partial charge in [-0.05, 0) is 56.8 Å². The minimum Gasteiger partial charge on any atom is -0.466 e. The Hall–Kier alpha value is -1.54. The molecule has 0 fully saturated rings. The quantitative estimate of drug-likeness (QED) is 0.860. The van der Waals surface area contributed by atoms with Crippen LogP contribution in [-0.2, 0) is 6.42 Å². The Morgan fingerprint density at radius 2 is 1.81 bits per heavy atom. The fourth-order valence-electron chi connectivity index (χ4n) is 3.08. The molecule has 2 heteroatoms. The van der Waals surface area contributed by atoms with Gasteiger partial charge in [0.1, 0.15) is 11.5 Å². The highest BCUT2D eigenvalue weighted by Gasteiger charge is 2.21. The Kier molecular flexibility index (Phi) is 4.89. The van der Waals surface area contributed by atoms with Crippen molar-refractivity contribution in [1.29, 1.82) is 0 Å². The van der Waals surface area contributed by atoms with Crippen molar-refractivity contribution in [2.75, 3.05) is 7.05 Å². The number of hydrogen-bond acceptors (Lipinski definition) is 2. The lowest BCUT2D eigenvalue weighted by Crippen LogP contribution is -2.19. The number of nitrogens with one attached hydrogen (secondary N) is 1. The average Bonchev–Trinajstić information content (AvgIpc) is 2.66. The molecule has 0 saturated carbocycles. The minimum absolute atomic E-state index is 0.189. The minimum atomic E-state index is 0.189. The smallest absolute Gasteiger partial charge is 0.106 e. The van der Waals surface area contributed by atoms with Crippen LogP contribution in [0.15, 0.2) is 28.7 Å². The summed E-state index contributed by atoms with van der Waals surface area (Å²) in [6.45, 7) is 10.8. The SMILES string of the molecule is CNC(c1cccc(CC(C)C)c1)c1c(C)oc(C)c1C. The van der Waals surface area contributed by atoms with Crippen LogP contribution < -0.4 is 5.32 Å². The molecular weight excluding hydrogens is 258 g/mol. The predicted molar refractivity (Wildman–Crippen MR) is 88.8 cm³/mol. The fraction of sp³-hybridized carbons (Fsp3) is 0.474. The molecule has 1 unspecified atom stereocenters. The highest BCUT2D eigenvalue weighted by molar-refractivity contribution is 5.41. The summed E-state index contributed by atoms with van der Waals surface area (Å²) in [6.07, 6.45) is 1.12. The van der Waals surface area contributed by atoms with Gasteiger partial charge < -0.3 is 9.73 Å². The molecule has 1 atom stereocenters. The van der Waals surface area contributed by atoms with E-state index >= 15 is 0 Å². The molecule has 114 valence electrons. The summed E-state index contributed by atoms with van der Waals surface area (Å²) >= 11 is 0. The van der Waals surface area contributed by atoms with Crippen LogP contribution in [0, 0.1) is 26.7 Å². The molecule has 0 radical (unpaired) electrons. The summed E-state index contributed by atoms with van der Waals surface area (Å²) in [4.78, 5) is 0. The zero-order valence-corrected chi connectivity index (χ0v) is 14.1. The third kappa shape index (κ3) is 3.38. The van der Waals surface area contributed by atoms with E-state index in [0.717, 1.165) is 17.9 Å². The Morgan fingerprint density at radius 3 is 2.33 bits per heavy atom. The summed E-state index contributed by atoms with van der Waals surface area (Å²) in [7, 11) is 2.01. The number of furan rings is 1. The van der Waals surface area contributed by atoms with Gasteiger partial charge in [0, 0.05) is 5.56 Å². The number of hydrogen-bond donors (Lipinski definition) is 1. The van der Waals surface area contributed by atoms with Crippen LogP contribution in [0.25, 0.3) is 0 Å². The maximum atomic E-state index is 5.80. The van der Waals surface area contributed by atoms with Crippen LogP contribution >= 0.6 is 0 Å². The van der Waals surface area contributed by atoms with Gasteiger partial charge in [0.15, 0.2) is 0 Å². The lowest BCUT2D eigenvalue weighted by atomic mass is 9.93. The van der Waals surface area contributed by atoms with Crippen molar-refractivity contribution >= 4 is 0 Å². The summed E-state index contributed by atoms with van der Waals surface area (Å²) < 4.78 is 5.80. The highest BCUT2D eigenvalue weighted by atomic mass is 16.3. The van der Waals surface area contributed by atoms with Crippen molar-refractivity contribution < 1.29 is 4.42 Å². The van der Waals surface area contributed by atoms with E-state index < -0.39 is 0 Å². The van der Waals surface area contributed by atoms with Gasteiger partial charge in [-0.3, -0.25) is 0 Å². The molecule has 21 heavy (non-hydrogen) atoms. The molecule has 1 heterocycles. The maximum Gasteiger partial charge on any atom is 0.106 e. The van der Waals surface area contributed by atoms with Crippen molar-refractivity contribution in [3.8, 4) is 0 Å². The zero-order valence-electron chi connectivity index (χ0n) is 14.1. The molecule has 2 aromatic rings. The van der Waals surface area contributed by atoms with E-state index in [-0.39, 0.29) is 6.04 Å². The maximum absolute atomic E-state index is 5.80. The number of rotatable bonds is 5. The predicted octanol–water partition coefficient (Wildman–Crippen LogP) is 4.71. The van der Waals surface area contributed by atoms with Gasteiger partial charge in [0.25, 0.3) is 0 Å². The van der Waals surface area contributed by atoms with Gasteiger partial charge in [-0.15, -0.1) is 0 Å². The molecular formula is C19H27NO. The lowest BCUT2D eigenvalue weighted by molar-refractivity contribution is 0.495. The largest absolute Gasteiger partial charge is 0.466 e. The van der Waals surface area contributed by atoms with Crippen LogP contribution in [-0.4, -0.2) is 7.05 Å². The van der Waals surface area contributed by atoms with Gasteiger partial charge in [-0.1, -0.05) is 38.1 Å². The molecule has 2 nitrogen and oxygen atoms in total. The third-order valence-corrected chi connectivity index (χ3v) is 4.12.